The minimum Gasteiger partial charge on any atom is -0.308 e. The van der Waals surface area contributed by atoms with Crippen molar-refractivity contribution < 1.29 is 4.39 Å². The van der Waals surface area contributed by atoms with Crippen LogP contribution in [0, 0.1) is 5.82 Å². The van der Waals surface area contributed by atoms with E-state index in [4.69, 9.17) is 0 Å². The molecule has 0 saturated carbocycles. The van der Waals surface area contributed by atoms with Gasteiger partial charge in [0.05, 0.1) is 0 Å². The van der Waals surface area contributed by atoms with Crippen LogP contribution in [0.5, 0.6) is 0 Å². The van der Waals surface area contributed by atoms with Gasteiger partial charge >= 0.3 is 0 Å². The summed E-state index contributed by atoms with van der Waals surface area (Å²) in [7, 11) is 0. The Labute approximate surface area is 106 Å². The van der Waals surface area contributed by atoms with Crippen molar-refractivity contribution in [3.8, 4) is 0 Å². The van der Waals surface area contributed by atoms with E-state index in [0.29, 0.717) is 6.54 Å². The van der Waals surface area contributed by atoms with Crippen molar-refractivity contribution in [1.29, 1.82) is 0 Å². The Morgan fingerprint density at radius 3 is 2.88 bits per heavy atom. The third-order valence-corrected chi connectivity index (χ3v) is 3.85. The zero-order valence-corrected chi connectivity index (χ0v) is 10.9. The first-order valence-electron chi connectivity index (χ1n) is 4.93. The number of thiophene rings is 1. The molecule has 16 heavy (non-hydrogen) atoms. The summed E-state index contributed by atoms with van der Waals surface area (Å²) in [6, 6.07) is 8.84. The smallest absolute Gasteiger partial charge is 0.123 e. The highest BCUT2D eigenvalue weighted by molar-refractivity contribution is 9.10. The van der Waals surface area contributed by atoms with Gasteiger partial charge in [-0.3, -0.25) is 0 Å². The van der Waals surface area contributed by atoms with Gasteiger partial charge in [0.25, 0.3) is 0 Å². The van der Waals surface area contributed by atoms with Gasteiger partial charge in [0.1, 0.15) is 5.82 Å². The minimum atomic E-state index is -0.198. The number of rotatable bonds is 4. The highest BCUT2D eigenvalue weighted by Gasteiger charge is 2.01. The third kappa shape index (κ3) is 3.14. The first kappa shape index (κ1) is 11.8. The van der Waals surface area contributed by atoms with Gasteiger partial charge in [-0.2, -0.15) is 0 Å². The summed E-state index contributed by atoms with van der Waals surface area (Å²) in [5, 5.41) is 5.34. The molecule has 1 aromatic carbocycles. The molecule has 1 nitrogen and oxygen atoms in total. The molecule has 0 amide bonds. The van der Waals surface area contributed by atoms with E-state index in [1.165, 1.54) is 10.9 Å². The Bertz CT molecular complexity index is 456. The summed E-state index contributed by atoms with van der Waals surface area (Å²) in [5.74, 6) is -0.198. The number of hydrogen-bond donors (Lipinski definition) is 1. The van der Waals surface area contributed by atoms with E-state index < -0.39 is 0 Å². The second kappa shape index (κ2) is 5.57. The molecule has 0 unspecified atom stereocenters. The molecular weight excluding hydrogens is 289 g/mol. The van der Waals surface area contributed by atoms with E-state index in [1.54, 1.807) is 23.5 Å². The largest absolute Gasteiger partial charge is 0.308 e. The molecule has 0 atom stereocenters. The van der Waals surface area contributed by atoms with Crippen molar-refractivity contribution in [1.82, 2.24) is 5.32 Å². The molecule has 0 aliphatic heterocycles. The van der Waals surface area contributed by atoms with Gasteiger partial charge in [0, 0.05) is 22.4 Å². The molecule has 1 N–H and O–H groups in total. The quantitative estimate of drug-likeness (QED) is 0.902. The molecule has 0 saturated heterocycles. The lowest BCUT2D eigenvalue weighted by molar-refractivity contribution is 0.620. The Kier molecular flexibility index (Phi) is 4.09. The number of nitrogens with one attached hydrogen (secondary N) is 1. The molecule has 0 fully saturated rings. The van der Waals surface area contributed by atoms with E-state index in [-0.39, 0.29) is 5.82 Å². The van der Waals surface area contributed by atoms with Crippen molar-refractivity contribution >= 4 is 27.3 Å². The Balaban J connectivity index is 1.92. The van der Waals surface area contributed by atoms with E-state index in [2.05, 4.69) is 32.7 Å². The summed E-state index contributed by atoms with van der Waals surface area (Å²) in [4.78, 5) is 1.28. The Morgan fingerprint density at radius 2 is 2.12 bits per heavy atom. The van der Waals surface area contributed by atoms with Crippen LogP contribution in [0.15, 0.2) is 40.2 Å². The van der Waals surface area contributed by atoms with Crippen molar-refractivity contribution in [3.05, 3.63) is 56.4 Å². The maximum absolute atomic E-state index is 13.0. The molecule has 1 aromatic heterocycles. The number of halogens is 2. The van der Waals surface area contributed by atoms with Crippen molar-refractivity contribution in [2.45, 2.75) is 13.1 Å². The summed E-state index contributed by atoms with van der Waals surface area (Å²) in [6.07, 6.45) is 0. The van der Waals surface area contributed by atoms with Crippen LogP contribution in [0.2, 0.25) is 0 Å². The zero-order valence-electron chi connectivity index (χ0n) is 8.54. The fourth-order valence-corrected chi connectivity index (χ4v) is 2.47. The van der Waals surface area contributed by atoms with Crippen molar-refractivity contribution in [3.63, 3.8) is 0 Å². The molecule has 0 radical (unpaired) electrons. The molecule has 0 bridgehead atoms. The maximum atomic E-state index is 13.0. The summed E-state index contributed by atoms with van der Waals surface area (Å²) in [5.41, 5.74) is 0.941. The lowest BCUT2D eigenvalue weighted by atomic mass is 10.2. The Morgan fingerprint density at radius 1 is 1.25 bits per heavy atom. The summed E-state index contributed by atoms with van der Waals surface area (Å²) >= 11 is 5.12. The second-order valence-corrected chi connectivity index (χ2v) is 5.31. The monoisotopic (exact) mass is 299 g/mol. The lowest BCUT2D eigenvalue weighted by Gasteiger charge is -2.06. The summed E-state index contributed by atoms with van der Waals surface area (Å²) in [6.45, 7) is 1.48. The van der Waals surface area contributed by atoms with Crippen molar-refractivity contribution in [2.75, 3.05) is 0 Å². The zero-order chi connectivity index (χ0) is 11.4. The molecule has 0 spiro atoms. The molecule has 2 rings (SSSR count). The first-order chi connectivity index (χ1) is 7.75. The van der Waals surface area contributed by atoms with Crippen LogP contribution >= 0.6 is 27.3 Å². The van der Waals surface area contributed by atoms with Gasteiger partial charge in [-0.25, -0.2) is 4.39 Å². The van der Waals surface area contributed by atoms with Crippen LogP contribution in [-0.2, 0) is 13.1 Å². The molecule has 4 heteroatoms. The van der Waals surface area contributed by atoms with Gasteiger partial charge in [-0.1, -0.05) is 22.0 Å². The lowest BCUT2D eigenvalue weighted by Crippen LogP contribution is -2.12. The predicted molar refractivity (Wildman–Crippen MR) is 69.0 cm³/mol. The molecule has 1 heterocycles. The van der Waals surface area contributed by atoms with Gasteiger partial charge < -0.3 is 5.32 Å². The van der Waals surface area contributed by atoms with Gasteiger partial charge in [-0.05, 0) is 35.2 Å². The molecule has 0 aliphatic rings. The van der Waals surface area contributed by atoms with Crippen LogP contribution in [-0.4, -0.2) is 0 Å². The number of hydrogen-bond acceptors (Lipinski definition) is 2. The van der Waals surface area contributed by atoms with E-state index in [9.17, 15) is 4.39 Å². The highest BCUT2D eigenvalue weighted by Crippen LogP contribution is 2.17. The van der Waals surface area contributed by atoms with E-state index in [1.807, 2.05) is 6.07 Å². The SMILES string of the molecule is Fc1ccc(Br)c(CNCc2cccs2)c1. The fraction of sp³-hybridized carbons (Fsp3) is 0.167. The van der Waals surface area contributed by atoms with Crippen LogP contribution in [0.25, 0.3) is 0 Å². The van der Waals surface area contributed by atoms with Crippen LogP contribution in [0.3, 0.4) is 0 Å². The van der Waals surface area contributed by atoms with E-state index in [0.717, 1.165) is 16.6 Å². The van der Waals surface area contributed by atoms with Crippen molar-refractivity contribution in [2.24, 2.45) is 0 Å². The van der Waals surface area contributed by atoms with Crippen LogP contribution in [0.4, 0.5) is 4.39 Å². The fourth-order valence-electron chi connectivity index (χ4n) is 1.41. The second-order valence-electron chi connectivity index (χ2n) is 3.42. The van der Waals surface area contributed by atoms with Gasteiger partial charge in [0.15, 0.2) is 0 Å². The van der Waals surface area contributed by atoms with Gasteiger partial charge in [0.2, 0.25) is 0 Å². The molecule has 2 aromatic rings. The predicted octanol–water partition coefficient (Wildman–Crippen LogP) is 3.94. The normalized spacial score (nSPS) is 10.6. The van der Waals surface area contributed by atoms with E-state index >= 15 is 0 Å². The molecular formula is C12H11BrFNS. The standard InChI is InChI=1S/C12H11BrFNS/c13-12-4-3-10(14)6-9(12)7-15-8-11-2-1-5-16-11/h1-6,15H,7-8H2. The highest BCUT2D eigenvalue weighted by atomic mass is 79.9. The summed E-state index contributed by atoms with van der Waals surface area (Å²) < 4.78 is 13.9. The minimum absolute atomic E-state index is 0.198. The average Bonchev–Trinajstić information content (AvgIpc) is 2.76. The van der Waals surface area contributed by atoms with Crippen LogP contribution in [0.1, 0.15) is 10.4 Å². The Hall–Kier alpha value is -0.710. The van der Waals surface area contributed by atoms with Crippen LogP contribution < -0.4 is 5.32 Å². The molecule has 0 aliphatic carbocycles. The average molecular weight is 300 g/mol. The topological polar surface area (TPSA) is 12.0 Å². The third-order valence-electron chi connectivity index (χ3n) is 2.20. The maximum Gasteiger partial charge on any atom is 0.123 e. The van der Waals surface area contributed by atoms with Gasteiger partial charge in [-0.15, -0.1) is 11.3 Å². The first-order valence-corrected chi connectivity index (χ1v) is 6.60. The molecule has 84 valence electrons. The number of benzene rings is 1.